The second kappa shape index (κ2) is 5.69. The van der Waals surface area contributed by atoms with Crippen LogP contribution in [0.15, 0.2) is 12.1 Å². The van der Waals surface area contributed by atoms with Crippen LogP contribution in [0.1, 0.15) is 34.0 Å². The van der Waals surface area contributed by atoms with E-state index in [1.165, 1.54) is 4.90 Å². The molecule has 1 aliphatic rings. The number of aliphatic hydroxyl groups excluding tert-OH is 1. The molecule has 2 aromatic rings. The number of aromatic nitrogens is 4. The molecule has 0 saturated carbocycles. The number of hydrogen-bond acceptors (Lipinski definition) is 4. The largest absolute Gasteiger partial charge is 0.432 e. The van der Waals surface area contributed by atoms with Crippen LogP contribution >= 0.6 is 0 Å². The minimum atomic E-state index is -4.57. The average molecular weight is 329 g/mol. The summed E-state index contributed by atoms with van der Waals surface area (Å²) in [6, 6.07) is 2.39. The van der Waals surface area contributed by atoms with E-state index >= 15 is 0 Å². The molecule has 124 valence electrons. The van der Waals surface area contributed by atoms with Crippen LogP contribution in [0.2, 0.25) is 0 Å². The number of nitrogens with zero attached hydrogens (tertiary/aromatic N) is 4. The number of nitrogens with one attached hydrogen (secondary N) is 1. The monoisotopic (exact) mass is 329 g/mol. The number of H-pyrrole nitrogens is 1. The predicted molar refractivity (Wildman–Crippen MR) is 71.1 cm³/mol. The Balaban J connectivity index is 1.80. The summed E-state index contributed by atoms with van der Waals surface area (Å²) in [5, 5.41) is 18.6. The highest BCUT2D eigenvalue weighted by molar-refractivity contribution is 5.92. The number of alkyl halides is 3. The average Bonchev–Trinajstić information content (AvgIpc) is 3.09. The zero-order valence-electron chi connectivity index (χ0n) is 12.0. The van der Waals surface area contributed by atoms with Gasteiger partial charge in [-0.25, -0.2) is 0 Å². The molecular weight excluding hydrogens is 315 g/mol. The fourth-order valence-corrected chi connectivity index (χ4v) is 2.51. The van der Waals surface area contributed by atoms with Gasteiger partial charge < -0.3 is 10.0 Å². The lowest BCUT2D eigenvalue weighted by Crippen LogP contribution is -2.31. The van der Waals surface area contributed by atoms with Gasteiger partial charge >= 0.3 is 6.18 Å². The SMILES string of the molecule is O=C(c1cc(C(F)(F)F)[nH]n1)N1CCCn2nc(CO)cc2C1. The van der Waals surface area contributed by atoms with Crippen LogP contribution in [0.3, 0.4) is 0 Å². The Morgan fingerprint density at radius 2 is 2.13 bits per heavy atom. The maximum absolute atomic E-state index is 12.6. The lowest BCUT2D eigenvalue weighted by atomic mass is 10.2. The van der Waals surface area contributed by atoms with Gasteiger partial charge in [-0.15, -0.1) is 0 Å². The lowest BCUT2D eigenvalue weighted by Gasteiger charge is -2.18. The van der Waals surface area contributed by atoms with Crippen LogP contribution in [0.5, 0.6) is 0 Å². The summed E-state index contributed by atoms with van der Waals surface area (Å²) in [6.07, 6.45) is -3.96. The van der Waals surface area contributed by atoms with Crippen molar-refractivity contribution in [3.8, 4) is 0 Å². The summed E-state index contributed by atoms with van der Waals surface area (Å²) >= 11 is 0. The summed E-state index contributed by atoms with van der Waals surface area (Å²) in [7, 11) is 0. The van der Waals surface area contributed by atoms with Crippen molar-refractivity contribution in [1.82, 2.24) is 24.9 Å². The first-order valence-corrected chi connectivity index (χ1v) is 6.97. The Kier molecular flexibility index (Phi) is 3.84. The lowest BCUT2D eigenvalue weighted by molar-refractivity contribution is -0.141. The van der Waals surface area contributed by atoms with Gasteiger partial charge in [0.2, 0.25) is 0 Å². The van der Waals surface area contributed by atoms with Crippen molar-refractivity contribution in [2.75, 3.05) is 6.54 Å². The molecule has 0 radical (unpaired) electrons. The summed E-state index contributed by atoms with van der Waals surface area (Å²) in [4.78, 5) is 13.8. The fourth-order valence-electron chi connectivity index (χ4n) is 2.51. The molecule has 23 heavy (non-hydrogen) atoms. The molecule has 1 aliphatic heterocycles. The van der Waals surface area contributed by atoms with E-state index in [-0.39, 0.29) is 18.8 Å². The Labute approximate surface area is 128 Å². The third kappa shape index (κ3) is 3.07. The molecule has 3 heterocycles. The topological polar surface area (TPSA) is 87.0 Å². The molecule has 0 atom stereocenters. The van der Waals surface area contributed by atoms with Crippen molar-refractivity contribution in [3.05, 3.63) is 34.9 Å². The van der Waals surface area contributed by atoms with Crippen LogP contribution in [0, 0.1) is 0 Å². The van der Waals surface area contributed by atoms with Gasteiger partial charge in [0.15, 0.2) is 5.69 Å². The summed E-state index contributed by atoms with van der Waals surface area (Å²) in [5.41, 5.74) is -0.101. The van der Waals surface area contributed by atoms with E-state index in [9.17, 15) is 18.0 Å². The first-order chi connectivity index (χ1) is 10.9. The maximum Gasteiger partial charge on any atom is 0.432 e. The molecule has 1 amide bonds. The smallest absolute Gasteiger partial charge is 0.390 e. The Hall–Kier alpha value is -2.36. The number of hydrogen-bond donors (Lipinski definition) is 2. The van der Waals surface area contributed by atoms with Crippen LogP contribution in [0.25, 0.3) is 0 Å². The van der Waals surface area contributed by atoms with Crippen molar-refractivity contribution >= 4 is 5.91 Å². The molecule has 2 N–H and O–H groups in total. The first kappa shape index (κ1) is 15.5. The summed E-state index contributed by atoms with van der Waals surface area (Å²) in [5.74, 6) is -0.572. The predicted octanol–water partition coefficient (Wildman–Crippen LogP) is 1.16. The van der Waals surface area contributed by atoms with Crippen molar-refractivity contribution < 1.29 is 23.1 Å². The van der Waals surface area contributed by atoms with E-state index in [0.29, 0.717) is 31.3 Å². The van der Waals surface area contributed by atoms with Gasteiger partial charge in [0.05, 0.1) is 24.5 Å². The number of halogens is 3. The molecule has 0 unspecified atom stereocenters. The van der Waals surface area contributed by atoms with Crippen LogP contribution < -0.4 is 0 Å². The van der Waals surface area contributed by atoms with Gasteiger partial charge in [0.1, 0.15) is 5.69 Å². The molecule has 3 rings (SSSR count). The molecule has 0 aliphatic carbocycles. The van der Waals surface area contributed by atoms with Crippen molar-refractivity contribution in [1.29, 1.82) is 0 Å². The zero-order valence-corrected chi connectivity index (χ0v) is 12.0. The normalized spacial score (nSPS) is 15.4. The molecule has 2 aromatic heterocycles. The van der Waals surface area contributed by atoms with Crippen LogP contribution in [-0.2, 0) is 25.9 Å². The number of amides is 1. The van der Waals surface area contributed by atoms with Gasteiger partial charge in [-0.2, -0.15) is 23.4 Å². The molecule has 0 saturated heterocycles. The standard InChI is InChI=1S/C13H14F3N5O2/c14-13(15,16)11-5-10(17-18-11)12(23)20-2-1-3-21-9(6-20)4-8(7-22)19-21/h4-5,22H,1-3,6-7H2,(H,17,18). The van der Waals surface area contributed by atoms with E-state index in [2.05, 4.69) is 10.2 Å². The minimum absolute atomic E-state index is 0.206. The van der Waals surface area contributed by atoms with E-state index in [1.807, 2.05) is 5.10 Å². The van der Waals surface area contributed by atoms with Gasteiger partial charge in [-0.1, -0.05) is 0 Å². The van der Waals surface area contributed by atoms with Gasteiger partial charge in [0.25, 0.3) is 5.91 Å². The van der Waals surface area contributed by atoms with Crippen molar-refractivity contribution in [3.63, 3.8) is 0 Å². The number of carbonyl (C=O) groups excluding carboxylic acids is 1. The Morgan fingerprint density at radius 3 is 2.78 bits per heavy atom. The first-order valence-electron chi connectivity index (χ1n) is 6.97. The molecule has 0 bridgehead atoms. The number of rotatable bonds is 2. The van der Waals surface area contributed by atoms with E-state index < -0.39 is 17.8 Å². The van der Waals surface area contributed by atoms with Gasteiger partial charge in [-0.3, -0.25) is 14.6 Å². The van der Waals surface area contributed by atoms with Crippen molar-refractivity contribution in [2.24, 2.45) is 0 Å². The third-order valence-corrected chi connectivity index (χ3v) is 3.62. The van der Waals surface area contributed by atoms with Crippen LogP contribution in [-0.4, -0.2) is 42.4 Å². The van der Waals surface area contributed by atoms with Crippen LogP contribution in [0.4, 0.5) is 13.2 Å². The quantitative estimate of drug-likeness (QED) is 0.866. The summed E-state index contributed by atoms with van der Waals surface area (Å²) in [6.45, 7) is 0.973. The molecule has 0 spiro atoms. The summed E-state index contributed by atoms with van der Waals surface area (Å²) < 4.78 is 39.4. The second-order valence-electron chi connectivity index (χ2n) is 5.25. The third-order valence-electron chi connectivity index (χ3n) is 3.62. The second-order valence-corrected chi connectivity index (χ2v) is 5.25. The highest BCUT2D eigenvalue weighted by atomic mass is 19.4. The maximum atomic E-state index is 12.6. The highest BCUT2D eigenvalue weighted by Gasteiger charge is 2.34. The van der Waals surface area contributed by atoms with E-state index in [1.54, 1.807) is 10.7 Å². The molecule has 0 aromatic carbocycles. The Morgan fingerprint density at radius 1 is 1.35 bits per heavy atom. The van der Waals surface area contributed by atoms with Gasteiger partial charge in [0, 0.05) is 19.2 Å². The number of aryl methyl sites for hydroxylation is 1. The van der Waals surface area contributed by atoms with E-state index in [0.717, 1.165) is 5.69 Å². The molecular formula is C13H14F3N5O2. The Bertz CT molecular complexity index is 722. The molecule has 0 fully saturated rings. The number of aromatic amines is 1. The van der Waals surface area contributed by atoms with Crippen molar-refractivity contribution in [2.45, 2.75) is 32.3 Å². The highest BCUT2D eigenvalue weighted by Crippen LogP contribution is 2.28. The number of aliphatic hydroxyl groups is 1. The zero-order chi connectivity index (χ0) is 16.6. The molecule has 7 nitrogen and oxygen atoms in total. The number of fused-ring (bicyclic) bond motifs is 1. The molecule has 10 heteroatoms. The fraction of sp³-hybridized carbons (Fsp3) is 0.462. The minimum Gasteiger partial charge on any atom is -0.390 e. The number of carbonyl (C=O) groups is 1. The van der Waals surface area contributed by atoms with Gasteiger partial charge in [-0.05, 0) is 12.5 Å². The van der Waals surface area contributed by atoms with E-state index in [4.69, 9.17) is 5.11 Å².